The Morgan fingerprint density at radius 1 is 1.32 bits per heavy atom. The van der Waals surface area contributed by atoms with E-state index in [1.807, 2.05) is 14.0 Å². The van der Waals surface area contributed by atoms with E-state index in [0.29, 0.717) is 0 Å². The number of anilines is 2. The highest BCUT2D eigenvalue weighted by Gasteiger charge is 2.12. The Morgan fingerprint density at radius 2 is 2.05 bits per heavy atom. The second-order valence-corrected chi connectivity index (χ2v) is 5.27. The maximum Gasteiger partial charge on any atom is 0.135 e. The Bertz CT molecular complexity index is 537. The van der Waals surface area contributed by atoms with Crippen molar-refractivity contribution in [2.45, 2.75) is 33.2 Å². The van der Waals surface area contributed by atoms with Crippen molar-refractivity contribution in [3.63, 3.8) is 0 Å². The number of thiophene rings is 1. The molecule has 2 aromatic rings. The Morgan fingerprint density at radius 3 is 2.63 bits per heavy atom. The summed E-state index contributed by atoms with van der Waals surface area (Å²) in [7, 11) is 1.89. The molecular formula is C14H20N4S. The van der Waals surface area contributed by atoms with Crippen molar-refractivity contribution in [1.82, 2.24) is 9.97 Å². The van der Waals surface area contributed by atoms with Gasteiger partial charge in [-0.05, 0) is 36.2 Å². The summed E-state index contributed by atoms with van der Waals surface area (Å²) in [6, 6.07) is 2.38. The molecule has 0 amide bonds. The van der Waals surface area contributed by atoms with Gasteiger partial charge in [-0.3, -0.25) is 0 Å². The van der Waals surface area contributed by atoms with Crippen molar-refractivity contribution in [2.75, 3.05) is 17.7 Å². The molecule has 1 unspecified atom stereocenters. The maximum absolute atomic E-state index is 4.59. The maximum atomic E-state index is 4.59. The molecule has 0 bridgehead atoms. The summed E-state index contributed by atoms with van der Waals surface area (Å²) >= 11 is 1.71. The normalized spacial score (nSPS) is 12.2. The van der Waals surface area contributed by atoms with Gasteiger partial charge in [0.2, 0.25) is 0 Å². The highest BCUT2D eigenvalue weighted by atomic mass is 32.1. The monoisotopic (exact) mass is 276 g/mol. The highest BCUT2D eigenvalue weighted by molar-refractivity contribution is 7.07. The molecule has 1 atom stereocenters. The topological polar surface area (TPSA) is 49.8 Å². The Labute approximate surface area is 118 Å². The van der Waals surface area contributed by atoms with Gasteiger partial charge in [0.1, 0.15) is 17.5 Å². The first-order valence-corrected chi connectivity index (χ1v) is 7.43. The van der Waals surface area contributed by atoms with E-state index in [0.717, 1.165) is 29.4 Å². The molecule has 5 heteroatoms. The summed E-state index contributed by atoms with van der Waals surface area (Å²) in [5, 5.41) is 10.9. The molecule has 0 aromatic carbocycles. The third-order valence-corrected chi connectivity index (χ3v) is 3.84. The molecule has 19 heavy (non-hydrogen) atoms. The van der Waals surface area contributed by atoms with Gasteiger partial charge < -0.3 is 10.6 Å². The zero-order valence-corrected chi connectivity index (χ0v) is 12.6. The van der Waals surface area contributed by atoms with Gasteiger partial charge in [-0.2, -0.15) is 11.3 Å². The van der Waals surface area contributed by atoms with E-state index in [1.54, 1.807) is 11.3 Å². The van der Waals surface area contributed by atoms with Crippen LogP contribution in [0.25, 0.3) is 0 Å². The molecule has 2 N–H and O–H groups in total. The molecule has 2 aromatic heterocycles. The van der Waals surface area contributed by atoms with Crippen LogP contribution in [0, 0.1) is 6.92 Å². The van der Waals surface area contributed by atoms with Gasteiger partial charge in [0, 0.05) is 19.0 Å². The first-order chi connectivity index (χ1) is 9.15. The third-order valence-electron chi connectivity index (χ3n) is 3.14. The molecule has 2 rings (SSSR count). The summed E-state index contributed by atoms with van der Waals surface area (Å²) in [5.41, 5.74) is 2.34. The van der Waals surface area contributed by atoms with Crippen molar-refractivity contribution < 1.29 is 0 Å². The summed E-state index contributed by atoms with van der Waals surface area (Å²) in [4.78, 5) is 9.07. The molecule has 0 aliphatic rings. The van der Waals surface area contributed by atoms with E-state index in [1.165, 1.54) is 5.56 Å². The molecule has 0 fully saturated rings. The average molecular weight is 276 g/mol. The molecular weight excluding hydrogens is 256 g/mol. The number of hydrogen-bond acceptors (Lipinski definition) is 5. The minimum atomic E-state index is 0.245. The molecule has 0 spiro atoms. The van der Waals surface area contributed by atoms with Crippen molar-refractivity contribution in [2.24, 2.45) is 0 Å². The molecule has 102 valence electrons. The molecule has 0 radical (unpaired) electrons. The second kappa shape index (κ2) is 6.02. The number of aryl methyl sites for hydroxylation is 1. The van der Waals surface area contributed by atoms with Crippen LogP contribution < -0.4 is 10.6 Å². The van der Waals surface area contributed by atoms with E-state index >= 15 is 0 Å². The zero-order chi connectivity index (χ0) is 13.8. The Kier molecular flexibility index (Phi) is 4.37. The molecule has 2 heterocycles. The van der Waals surface area contributed by atoms with Crippen molar-refractivity contribution in [3.8, 4) is 0 Å². The number of nitrogens with one attached hydrogen (secondary N) is 2. The van der Waals surface area contributed by atoms with E-state index in [-0.39, 0.29) is 6.04 Å². The van der Waals surface area contributed by atoms with Crippen LogP contribution in [0.4, 0.5) is 11.6 Å². The number of nitrogens with zero attached hydrogens (tertiary/aromatic N) is 2. The quantitative estimate of drug-likeness (QED) is 0.875. The summed E-state index contributed by atoms with van der Waals surface area (Å²) in [6.45, 7) is 6.25. The van der Waals surface area contributed by atoms with Gasteiger partial charge in [-0.25, -0.2) is 9.97 Å². The SMILES string of the molecule is CCc1nc(NC)c(C)c(NC(C)c2ccsc2)n1. The van der Waals surface area contributed by atoms with Crippen LogP contribution in [0.5, 0.6) is 0 Å². The number of rotatable bonds is 5. The van der Waals surface area contributed by atoms with E-state index < -0.39 is 0 Å². The lowest BCUT2D eigenvalue weighted by atomic mass is 10.1. The average Bonchev–Trinajstić information content (AvgIpc) is 2.95. The summed E-state index contributed by atoms with van der Waals surface area (Å²) < 4.78 is 0. The van der Waals surface area contributed by atoms with E-state index in [2.05, 4.69) is 51.3 Å². The van der Waals surface area contributed by atoms with Crippen LogP contribution in [-0.4, -0.2) is 17.0 Å². The van der Waals surface area contributed by atoms with Crippen molar-refractivity contribution >= 4 is 23.0 Å². The highest BCUT2D eigenvalue weighted by Crippen LogP contribution is 2.25. The lowest BCUT2D eigenvalue weighted by Crippen LogP contribution is -2.12. The lowest BCUT2D eigenvalue weighted by molar-refractivity contribution is 0.856. The zero-order valence-electron chi connectivity index (χ0n) is 11.8. The van der Waals surface area contributed by atoms with Gasteiger partial charge in [0.05, 0.1) is 6.04 Å². The van der Waals surface area contributed by atoms with Gasteiger partial charge in [-0.15, -0.1) is 0 Å². The lowest BCUT2D eigenvalue weighted by Gasteiger charge is -2.17. The number of aromatic nitrogens is 2. The van der Waals surface area contributed by atoms with Crippen LogP contribution in [0.3, 0.4) is 0 Å². The van der Waals surface area contributed by atoms with Crippen LogP contribution in [-0.2, 0) is 6.42 Å². The van der Waals surface area contributed by atoms with Crippen LogP contribution in [0.15, 0.2) is 16.8 Å². The summed E-state index contributed by atoms with van der Waals surface area (Å²) in [6.07, 6.45) is 0.830. The molecule has 4 nitrogen and oxygen atoms in total. The van der Waals surface area contributed by atoms with Crippen LogP contribution >= 0.6 is 11.3 Å². The molecule has 0 aliphatic carbocycles. The fourth-order valence-electron chi connectivity index (χ4n) is 1.91. The molecule has 0 aliphatic heterocycles. The van der Waals surface area contributed by atoms with Crippen molar-refractivity contribution in [1.29, 1.82) is 0 Å². The standard InChI is InChI=1S/C14H20N4S/c1-5-12-17-13(15-4)9(2)14(18-12)16-10(3)11-6-7-19-8-11/h6-8,10H,5H2,1-4H3,(H2,15,16,17,18). The molecule has 0 saturated heterocycles. The fourth-order valence-corrected chi connectivity index (χ4v) is 2.67. The van der Waals surface area contributed by atoms with Gasteiger partial charge in [-0.1, -0.05) is 6.92 Å². The first-order valence-electron chi connectivity index (χ1n) is 6.49. The Balaban J connectivity index is 2.28. The van der Waals surface area contributed by atoms with Crippen LogP contribution in [0.1, 0.15) is 36.8 Å². The van der Waals surface area contributed by atoms with Crippen LogP contribution in [0.2, 0.25) is 0 Å². The minimum absolute atomic E-state index is 0.245. The van der Waals surface area contributed by atoms with Gasteiger partial charge in [0.25, 0.3) is 0 Å². The van der Waals surface area contributed by atoms with Gasteiger partial charge >= 0.3 is 0 Å². The Hall–Kier alpha value is -1.62. The van der Waals surface area contributed by atoms with Gasteiger partial charge in [0.15, 0.2) is 0 Å². The third kappa shape index (κ3) is 3.04. The fraction of sp³-hybridized carbons (Fsp3) is 0.429. The van der Waals surface area contributed by atoms with E-state index in [9.17, 15) is 0 Å². The smallest absolute Gasteiger partial charge is 0.135 e. The largest absolute Gasteiger partial charge is 0.373 e. The second-order valence-electron chi connectivity index (χ2n) is 4.49. The predicted molar refractivity (Wildman–Crippen MR) is 82.1 cm³/mol. The first kappa shape index (κ1) is 13.8. The minimum Gasteiger partial charge on any atom is -0.373 e. The predicted octanol–water partition coefficient (Wildman–Crippen LogP) is 3.62. The van der Waals surface area contributed by atoms with Crippen molar-refractivity contribution in [3.05, 3.63) is 33.8 Å². The number of hydrogen-bond donors (Lipinski definition) is 2. The molecule has 0 saturated carbocycles. The summed E-state index contributed by atoms with van der Waals surface area (Å²) in [5.74, 6) is 2.66. The van der Waals surface area contributed by atoms with E-state index in [4.69, 9.17) is 0 Å².